The van der Waals surface area contributed by atoms with E-state index in [1.807, 2.05) is 23.1 Å². The Hall–Kier alpha value is -2.71. The van der Waals surface area contributed by atoms with E-state index in [0.29, 0.717) is 6.67 Å². The zero-order valence-corrected chi connectivity index (χ0v) is 25.3. The van der Waals surface area contributed by atoms with Gasteiger partial charge in [-0.05, 0) is 76.4 Å². The molecule has 4 rings (SSSR count). The summed E-state index contributed by atoms with van der Waals surface area (Å²) in [7, 11) is 6.30. The number of amides is 1. The molecule has 7 heteroatoms. The van der Waals surface area contributed by atoms with Crippen molar-refractivity contribution in [3.8, 4) is 0 Å². The van der Waals surface area contributed by atoms with E-state index >= 15 is 0 Å². The Balaban J connectivity index is 0.000000771. The molecule has 2 aliphatic heterocycles. The lowest BCUT2D eigenvalue weighted by molar-refractivity contribution is -0.113. The molecule has 0 aliphatic carbocycles. The third-order valence-electron chi connectivity index (χ3n) is 7.49. The molecule has 1 fully saturated rings. The standard InChI is InChI=1S/C28H39N5O.C4H11N/c1-5-8-12-26-23(6-2)22(19-32(26)21-31-16-14-30(4)15-17-31)18-25-24-11-9-10-13-27(24)33(28(25)34)20-29-7-3;1-4-5(2)3/h8-13,18-19,29H,5-7,14-17,20-21H2,1-4H3;4H2,1-3H3/b12-8-,25-18-;. The molecule has 1 N–H and O–H groups in total. The molecule has 1 saturated heterocycles. The molecule has 214 valence electrons. The van der Waals surface area contributed by atoms with Crippen LogP contribution in [-0.4, -0.2) is 92.3 Å². The summed E-state index contributed by atoms with van der Waals surface area (Å²) in [6.45, 7) is 16.3. The Morgan fingerprint density at radius 3 is 2.33 bits per heavy atom. The number of nitrogens with one attached hydrogen (secondary N) is 1. The first-order valence-electron chi connectivity index (χ1n) is 14.6. The van der Waals surface area contributed by atoms with Crippen LogP contribution < -0.4 is 10.2 Å². The van der Waals surface area contributed by atoms with Crippen molar-refractivity contribution < 1.29 is 4.79 Å². The Labute approximate surface area is 236 Å². The van der Waals surface area contributed by atoms with Crippen LogP contribution in [0.3, 0.4) is 0 Å². The first-order chi connectivity index (χ1) is 18.8. The second-order valence-corrected chi connectivity index (χ2v) is 10.6. The smallest absolute Gasteiger partial charge is 0.260 e. The van der Waals surface area contributed by atoms with Crippen molar-refractivity contribution in [3.05, 3.63) is 58.9 Å². The van der Waals surface area contributed by atoms with Crippen LogP contribution in [0, 0.1) is 0 Å². The van der Waals surface area contributed by atoms with Crippen LogP contribution in [0.25, 0.3) is 17.7 Å². The monoisotopic (exact) mass is 534 g/mol. The number of para-hydroxylation sites is 1. The van der Waals surface area contributed by atoms with Gasteiger partial charge in [0.25, 0.3) is 5.91 Å². The first-order valence-corrected chi connectivity index (χ1v) is 14.6. The molecule has 3 heterocycles. The zero-order chi connectivity index (χ0) is 28.4. The summed E-state index contributed by atoms with van der Waals surface area (Å²) in [5, 5.41) is 3.31. The highest BCUT2D eigenvalue weighted by Gasteiger charge is 2.32. The molecule has 2 aromatic rings. The first kappa shape index (κ1) is 30.8. The molecule has 7 nitrogen and oxygen atoms in total. The molecule has 0 bridgehead atoms. The van der Waals surface area contributed by atoms with Crippen molar-refractivity contribution in [2.75, 3.05) is 72.0 Å². The average Bonchev–Trinajstić information content (AvgIpc) is 3.40. The topological polar surface area (TPSA) is 47.0 Å². The largest absolute Gasteiger partial charge is 0.334 e. The van der Waals surface area contributed by atoms with Crippen molar-refractivity contribution in [1.82, 2.24) is 24.6 Å². The lowest BCUT2D eigenvalue weighted by Crippen LogP contribution is -2.44. The van der Waals surface area contributed by atoms with E-state index < -0.39 is 0 Å². The lowest BCUT2D eigenvalue weighted by Gasteiger charge is -2.32. The number of rotatable bonds is 10. The quantitative estimate of drug-likeness (QED) is 0.448. The van der Waals surface area contributed by atoms with E-state index in [0.717, 1.165) is 81.2 Å². The highest BCUT2D eigenvalue weighted by atomic mass is 16.2. The fourth-order valence-corrected chi connectivity index (χ4v) is 4.88. The molecule has 1 aromatic heterocycles. The number of allylic oxidation sites excluding steroid dienone is 1. The number of fused-ring (bicyclic) bond motifs is 1. The molecule has 1 amide bonds. The lowest BCUT2D eigenvalue weighted by atomic mass is 10.0. The van der Waals surface area contributed by atoms with Crippen LogP contribution in [0.4, 0.5) is 5.69 Å². The maximum absolute atomic E-state index is 13.5. The van der Waals surface area contributed by atoms with Crippen molar-refractivity contribution >= 4 is 29.3 Å². The van der Waals surface area contributed by atoms with Gasteiger partial charge in [-0.15, -0.1) is 0 Å². The van der Waals surface area contributed by atoms with E-state index in [4.69, 9.17) is 0 Å². The number of hydrogen-bond acceptors (Lipinski definition) is 5. The minimum Gasteiger partial charge on any atom is -0.334 e. The minimum absolute atomic E-state index is 0.0710. The van der Waals surface area contributed by atoms with Crippen molar-refractivity contribution in [2.45, 2.75) is 47.2 Å². The molecular formula is C32H50N6O. The molecular weight excluding hydrogens is 484 g/mol. The Kier molecular flexibility index (Phi) is 12.0. The highest BCUT2D eigenvalue weighted by Crippen LogP contribution is 2.38. The van der Waals surface area contributed by atoms with Gasteiger partial charge in [0.15, 0.2) is 0 Å². The van der Waals surface area contributed by atoms with Gasteiger partial charge in [-0.25, -0.2) is 0 Å². The number of likely N-dealkylation sites (N-methyl/N-ethyl adjacent to an activating group) is 1. The highest BCUT2D eigenvalue weighted by molar-refractivity contribution is 6.35. The summed E-state index contributed by atoms with van der Waals surface area (Å²) in [6, 6.07) is 8.13. The number of anilines is 1. The summed E-state index contributed by atoms with van der Waals surface area (Å²) in [5.41, 5.74) is 6.51. The molecule has 0 spiro atoms. The number of piperazine rings is 1. The van der Waals surface area contributed by atoms with Crippen LogP contribution in [0.5, 0.6) is 0 Å². The molecule has 0 saturated carbocycles. The van der Waals surface area contributed by atoms with E-state index in [9.17, 15) is 4.79 Å². The second kappa shape index (κ2) is 15.2. The molecule has 0 atom stereocenters. The van der Waals surface area contributed by atoms with Gasteiger partial charge in [0.05, 0.1) is 19.0 Å². The SMILES string of the molecule is CC/C=C\c1c(CC)c(/C=C2\C(=O)N(CNCC)c3ccccc32)cn1CN1CCN(C)CC1.CCN(C)C. The number of carbonyl (C=O) groups is 1. The van der Waals surface area contributed by atoms with Gasteiger partial charge in [-0.2, -0.15) is 0 Å². The van der Waals surface area contributed by atoms with Gasteiger partial charge in [-0.1, -0.05) is 52.0 Å². The fraction of sp³-hybridized carbons (Fsp3) is 0.531. The van der Waals surface area contributed by atoms with Crippen LogP contribution in [0.1, 0.15) is 56.5 Å². The molecule has 39 heavy (non-hydrogen) atoms. The van der Waals surface area contributed by atoms with E-state index in [1.165, 1.54) is 11.3 Å². The van der Waals surface area contributed by atoms with Gasteiger partial charge < -0.3 is 14.4 Å². The number of carbonyl (C=O) groups excluding carboxylic acids is 1. The van der Waals surface area contributed by atoms with E-state index in [2.05, 4.69) is 104 Å². The summed E-state index contributed by atoms with van der Waals surface area (Å²) in [6.07, 6.45) is 10.8. The van der Waals surface area contributed by atoms with Gasteiger partial charge in [-0.3, -0.25) is 19.9 Å². The normalized spacial score (nSPS) is 17.4. The van der Waals surface area contributed by atoms with Crippen LogP contribution >= 0.6 is 0 Å². The number of benzene rings is 1. The summed E-state index contributed by atoms with van der Waals surface area (Å²) in [5.74, 6) is 0.0710. The minimum atomic E-state index is 0.0710. The predicted octanol–water partition coefficient (Wildman–Crippen LogP) is 4.70. The van der Waals surface area contributed by atoms with Gasteiger partial charge in [0, 0.05) is 49.2 Å². The third kappa shape index (κ3) is 7.92. The summed E-state index contributed by atoms with van der Waals surface area (Å²) < 4.78 is 2.38. The zero-order valence-electron chi connectivity index (χ0n) is 25.3. The summed E-state index contributed by atoms with van der Waals surface area (Å²) >= 11 is 0. The van der Waals surface area contributed by atoms with Crippen molar-refractivity contribution in [2.24, 2.45) is 0 Å². The molecule has 0 unspecified atom stereocenters. The molecule has 0 radical (unpaired) electrons. The number of hydrogen-bond donors (Lipinski definition) is 1. The predicted molar refractivity (Wildman–Crippen MR) is 167 cm³/mol. The Bertz CT molecular complexity index is 1120. The Morgan fingerprint density at radius 2 is 1.72 bits per heavy atom. The fourth-order valence-electron chi connectivity index (χ4n) is 4.88. The molecule has 2 aliphatic rings. The van der Waals surface area contributed by atoms with Gasteiger partial charge in [0.1, 0.15) is 0 Å². The maximum atomic E-state index is 13.5. The van der Waals surface area contributed by atoms with Crippen molar-refractivity contribution in [1.29, 1.82) is 0 Å². The van der Waals surface area contributed by atoms with Crippen LogP contribution in [0.2, 0.25) is 0 Å². The summed E-state index contributed by atoms with van der Waals surface area (Å²) in [4.78, 5) is 22.4. The van der Waals surface area contributed by atoms with Gasteiger partial charge in [0.2, 0.25) is 0 Å². The van der Waals surface area contributed by atoms with Crippen LogP contribution in [0.15, 0.2) is 36.5 Å². The maximum Gasteiger partial charge on any atom is 0.260 e. The van der Waals surface area contributed by atoms with E-state index in [1.54, 1.807) is 0 Å². The van der Waals surface area contributed by atoms with Gasteiger partial charge >= 0.3 is 0 Å². The van der Waals surface area contributed by atoms with E-state index in [-0.39, 0.29) is 5.91 Å². The number of nitrogens with zero attached hydrogens (tertiary/aromatic N) is 5. The number of aromatic nitrogens is 1. The molecule has 1 aromatic carbocycles. The van der Waals surface area contributed by atoms with Crippen molar-refractivity contribution in [3.63, 3.8) is 0 Å². The van der Waals surface area contributed by atoms with Crippen LogP contribution in [-0.2, 0) is 17.9 Å². The third-order valence-corrected chi connectivity index (χ3v) is 7.49. The average molecular weight is 535 g/mol. The Morgan fingerprint density at radius 1 is 1.03 bits per heavy atom. The second-order valence-electron chi connectivity index (χ2n) is 10.6.